The first-order valence-electron chi connectivity index (χ1n) is 6.03. The van der Waals surface area contributed by atoms with Gasteiger partial charge in [0.05, 0.1) is 13.7 Å². The molecule has 0 aliphatic carbocycles. The molecular weight excluding hydrogens is 258 g/mol. The Hall–Kier alpha value is -1.81. The van der Waals surface area contributed by atoms with Gasteiger partial charge in [-0.3, -0.25) is 0 Å². The fraction of sp³-hybridized carbons (Fsp3) is 0.200. The summed E-state index contributed by atoms with van der Waals surface area (Å²) in [6.45, 7) is 0.655. The lowest BCUT2D eigenvalue weighted by atomic mass is 10.3. The van der Waals surface area contributed by atoms with E-state index in [9.17, 15) is 0 Å². The van der Waals surface area contributed by atoms with E-state index in [-0.39, 0.29) is 0 Å². The van der Waals surface area contributed by atoms with Gasteiger partial charge in [0.2, 0.25) is 0 Å². The molecule has 0 bridgehead atoms. The minimum Gasteiger partial charge on any atom is -0.497 e. The third kappa shape index (κ3) is 4.41. The van der Waals surface area contributed by atoms with Crippen LogP contribution in [0.25, 0.3) is 0 Å². The zero-order valence-corrected chi connectivity index (χ0v) is 11.7. The van der Waals surface area contributed by atoms with Crippen LogP contribution in [0.15, 0.2) is 53.4 Å². The van der Waals surface area contributed by atoms with Crippen molar-refractivity contribution < 1.29 is 9.47 Å². The van der Waals surface area contributed by atoms with Crippen molar-refractivity contribution in [3.63, 3.8) is 0 Å². The van der Waals surface area contributed by atoms with Gasteiger partial charge in [-0.25, -0.2) is 0 Å². The molecule has 0 aliphatic heterocycles. The number of hydrogen-bond acceptors (Lipinski definition) is 4. The summed E-state index contributed by atoms with van der Waals surface area (Å²) in [5, 5.41) is 0. The van der Waals surface area contributed by atoms with E-state index < -0.39 is 0 Å². The van der Waals surface area contributed by atoms with E-state index >= 15 is 0 Å². The summed E-state index contributed by atoms with van der Waals surface area (Å²) >= 11 is 1.75. The first-order valence-corrected chi connectivity index (χ1v) is 7.01. The predicted molar refractivity (Wildman–Crippen MR) is 80.1 cm³/mol. The van der Waals surface area contributed by atoms with Crippen LogP contribution >= 0.6 is 11.8 Å². The van der Waals surface area contributed by atoms with Crippen molar-refractivity contribution in [3.05, 3.63) is 48.5 Å². The summed E-state index contributed by atoms with van der Waals surface area (Å²) in [6, 6.07) is 15.5. The van der Waals surface area contributed by atoms with Crippen molar-refractivity contribution in [1.82, 2.24) is 0 Å². The second-order valence-electron chi connectivity index (χ2n) is 3.94. The van der Waals surface area contributed by atoms with Gasteiger partial charge in [0.25, 0.3) is 0 Å². The molecule has 0 unspecified atom stereocenters. The average Bonchev–Trinajstić information content (AvgIpc) is 2.46. The topological polar surface area (TPSA) is 44.5 Å². The van der Waals surface area contributed by atoms with E-state index in [1.165, 1.54) is 4.90 Å². The average molecular weight is 275 g/mol. The molecule has 0 saturated heterocycles. The maximum absolute atomic E-state index is 5.67. The molecule has 0 heterocycles. The van der Waals surface area contributed by atoms with Crippen molar-refractivity contribution in [3.8, 4) is 11.5 Å². The molecule has 4 heteroatoms. The Morgan fingerprint density at radius 3 is 2.53 bits per heavy atom. The van der Waals surface area contributed by atoms with E-state index in [0.29, 0.717) is 6.61 Å². The first-order chi connectivity index (χ1) is 9.28. The van der Waals surface area contributed by atoms with Crippen LogP contribution in [-0.4, -0.2) is 19.5 Å². The quantitative estimate of drug-likeness (QED) is 0.498. The molecule has 0 spiro atoms. The maximum atomic E-state index is 5.67. The maximum Gasteiger partial charge on any atom is 0.123 e. The number of benzene rings is 2. The van der Waals surface area contributed by atoms with Gasteiger partial charge in [-0.05, 0) is 36.4 Å². The van der Waals surface area contributed by atoms with E-state index in [1.54, 1.807) is 18.9 Å². The summed E-state index contributed by atoms with van der Waals surface area (Å²) < 4.78 is 10.8. The Morgan fingerprint density at radius 2 is 1.79 bits per heavy atom. The van der Waals surface area contributed by atoms with Crippen LogP contribution in [0.2, 0.25) is 0 Å². The number of methoxy groups -OCH3 is 1. The van der Waals surface area contributed by atoms with Gasteiger partial charge in [-0.15, -0.1) is 11.8 Å². The highest BCUT2D eigenvalue weighted by Gasteiger charge is 1.98. The molecular formula is C15H17NO2S. The van der Waals surface area contributed by atoms with Gasteiger partial charge in [0.15, 0.2) is 0 Å². The minimum atomic E-state index is 0.655. The number of rotatable bonds is 6. The van der Waals surface area contributed by atoms with Gasteiger partial charge in [0, 0.05) is 22.4 Å². The smallest absolute Gasteiger partial charge is 0.123 e. The van der Waals surface area contributed by atoms with Crippen LogP contribution < -0.4 is 15.2 Å². The number of ether oxygens (including phenoxy) is 2. The van der Waals surface area contributed by atoms with E-state index in [1.807, 2.05) is 48.5 Å². The molecule has 2 aromatic carbocycles. The SMILES string of the molecule is COc1cccc(OCCSc2ccc(N)cc2)c1. The Labute approximate surface area is 117 Å². The lowest BCUT2D eigenvalue weighted by Crippen LogP contribution is -2.00. The van der Waals surface area contributed by atoms with Gasteiger partial charge in [0.1, 0.15) is 11.5 Å². The molecule has 2 N–H and O–H groups in total. The number of hydrogen-bond donors (Lipinski definition) is 1. The molecule has 3 nitrogen and oxygen atoms in total. The molecule has 2 rings (SSSR count). The highest BCUT2D eigenvalue weighted by atomic mass is 32.2. The highest BCUT2D eigenvalue weighted by molar-refractivity contribution is 7.99. The van der Waals surface area contributed by atoms with Crippen LogP contribution in [0.1, 0.15) is 0 Å². The van der Waals surface area contributed by atoms with E-state index in [4.69, 9.17) is 15.2 Å². The molecule has 0 atom stereocenters. The Bertz CT molecular complexity index is 514. The molecule has 0 aromatic heterocycles. The lowest BCUT2D eigenvalue weighted by molar-refractivity contribution is 0.339. The molecule has 0 aliphatic rings. The second-order valence-corrected chi connectivity index (χ2v) is 5.11. The zero-order valence-electron chi connectivity index (χ0n) is 10.8. The zero-order chi connectivity index (χ0) is 13.5. The van der Waals surface area contributed by atoms with Crippen molar-refractivity contribution in [1.29, 1.82) is 0 Å². The van der Waals surface area contributed by atoms with Crippen molar-refractivity contribution in [2.45, 2.75) is 4.90 Å². The molecule has 2 aromatic rings. The molecule has 0 fully saturated rings. The molecule has 100 valence electrons. The summed E-state index contributed by atoms with van der Waals surface area (Å²) in [4.78, 5) is 1.20. The largest absolute Gasteiger partial charge is 0.497 e. The first kappa shape index (κ1) is 13.6. The van der Waals surface area contributed by atoms with Crippen LogP contribution in [0.3, 0.4) is 0 Å². The van der Waals surface area contributed by atoms with Gasteiger partial charge >= 0.3 is 0 Å². The number of nitrogen functional groups attached to an aromatic ring is 1. The van der Waals surface area contributed by atoms with Gasteiger partial charge < -0.3 is 15.2 Å². The van der Waals surface area contributed by atoms with Gasteiger partial charge in [-0.2, -0.15) is 0 Å². The third-order valence-corrected chi connectivity index (χ3v) is 3.52. The van der Waals surface area contributed by atoms with Gasteiger partial charge in [-0.1, -0.05) is 6.07 Å². The molecule has 0 saturated carbocycles. The Kier molecular flexibility index (Phi) is 4.98. The van der Waals surface area contributed by atoms with Crippen molar-refractivity contribution in [2.75, 3.05) is 25.2 Å². The summed E-state index contributed by atoms with van der Waals surface area (Å²) in [5.41, 5.74) is 6.43. The fourth-order valence-corrected chi connectivity index (χ4v) is 2.30. The fourth-order valence-electron chi connectivity index (χ4n) is 1.57. The number of anilines is 1. The summed E-state index contributed by atoms with van der Waals surface area (Å²) in [7, 11) is 1.65. The van der Waals surface area contributed by atoms with Crippen LogP contribution in [0, 0.1) is 0 Å². The van der Waals surface area contributed by atoms with Crippen molar-refractivity contribution in [2.24, 2.45) is 0 Å². The standard InChI is InChI=1S/C15H17NO2S/c1-17-13-3-2-4-14(11-13)18-9-10-19-15-7-5-12(16)6-8-15/h2-8,11H,9-10,16H2,1H3. The second kappa shape index (κ2) is 6.95. The van der Waals surface area contributed by atoms with Crippen LogP contribution in [-0.2, 0) is 0 Å². The monoisotopic (exact) mass is 275 g/mol. The lowest BCUT2D eigenvalue weighted by Gasteiger charge is -2.07. The van der Waals surface area contributed by atoms with E-state index in [2.05, 4.69) is 0 Å². The minimum absolute atomic E-state index is 0.655. The van der Waals surface area contributed by atoms with Crippen LogP contribution in [0.4, 0.5) is 5.69 Å². The predicted octanol–water partition coefficient (Wildman–Crippen LogP) is 3.45. The Morgan fingerprint density at radius 1 is 1.05 bits per heavy atom. The molecule has 0 amide bonds. The van der Waals surface area contributed by atoms with E-state index in [0.717, 1.165) is 22.9 Å². The summed E-state index contributed by atoms with van der Waals surface area (Å²) in [5.74, 6) is 2.53. The third-order valence-electron chi connectivity index (χ3n) is 2.54. The molecule has 0 radical (unpaired) electrons. The normalized spacial score (nSPS) is 10.2. The number of nitrogens with two attached hydrogens (primary N) is 1. The Balaban J connectivity index is 1.75. The van der Waals surface area contributed by atoms with Crippen molar-refractivity contribution >= 4 is 17.4 Å². The number of thioether (sulfide) groups is 1. The highest BCUT2D eigenvalue weighted by Crippen LogP contribution is 2.21. The summed E-state index contributed by atoms with van der Waals surface area (Å²) in [6.07, 6.45) is 0. The van der Waals surface area contributed by atoms with Crippen LogP contribution in [0.5, 0.6) is 11.5 Å². The molecule has 19 heavy (non-hydrogen) atoms.